The number of aliphatic hydroxyl groups excluding tert-OH is 1. The molecule has 1 aliphatic heterocycles. The first-order valence-electron chi connectivity index (χ1n) is 7.30. The Labute approximate surface area is 142 Å². The number of benzene rings is 1. The Kier molecular flexibility index (Phi) is 5.73. The minimum absolute atomic E-state index is 0.0735. The number of halogens is 1. The molecule has 1 heterocycles. The van der Waals surface area contributed by atoms with Crippen molar-refractivity contribution >= 4 is 39.3 Å². The standard InChI is InChI=1S/C15H18BrN3O4/c1-2-19-11-5-4-9(16)8-10(11)12(15(19)23)18-14(22)13(21)17-6-3-7-20/h4-5,8,12,20H,2-3,6-7H2,1H3,(H,17,21)(H,18,22)/t12-/m1/s1. The zero-order valence-electron chi connectivity index (χ0n) is 12.6. The number of fused-ring (bicyclic) bond motifs is 1. The number of hydrogen-bond donors (Lipinski definition) is 3. The Morgan fingerprint density at radius 1 is 1.35 bits per heavy atom. The minimum Gasteiger partial charge on any atom is -0.396 e. The minimum atomic E-state index is -0.876. The van der Waals surface area contributed by atoms with Gasteiger partial charge >= 0.3 is 11.8 Å². The van der Waals surface area contributed by atoms with Crippen molar-refractivity contribution in [2.45, 2.75) is 19.4 Å². The van der Waals surface area contributed by atoms with Gasteiger partial charge in [0, 0.05) is 35.4 Å². The van der Waals surface area contributed by atoms with Crippen LogP contribution < -0.4 is 15.5 Å². The van der Waals surface area contributed by atoms with Gasteiger partial charge in [-0.15, -0.1) is 0 Å². The van der Waals surface area contributed by atoms with E-state index in [1.807, 2.05) is 13.0 Å². The summed E-state index contributed by atoms with van der Waals surface area (Å²) in [5, 5.41) is 13.5. The fourth-order valence-electron chi connectivity index (χ4n) is 2.43. The van der Waals surface area contributed by atoms with Gasteiger partial charge in [0.25, 0.3) is 5.91 Å². The van der Waals surface area contributed by atoms with E-state index in [0.717, 1.165) is 10.2 Å². The number of amides is 3. The lowest BCUT2D eigenvalue weighted by molar-refractivity contribution is -0.140. The maximum absolute atomic E-state index is 12.5. The van der Waals surface area contributed by atoms with Crippen molar-refractivity contribution in [3.63, 3.8) is 0 Å². The largest absolute Gasteiger partial charge is 0.396 e. The average Bonchev–Trinajstić information content (AvgIpc) is 2.78. The molecular weight excluding hydrogens is 366 g/mol. The van der Waals surface area contributed by atoms with Gasteiger partial charge in [-0.3, -0.25) is 14.4 Å². The highest BCUT2D eigenvalue weighted by Crippen LogP contribution is 2.37. The van der Waals surface area contributed by atoms with Gasteiger partial charge < -0.3 is 20.6 Å². The third-order valence-corrected chi connectivity index (χ3v) is 4.02. The predicted octanol–water partition coefficient (Wildman–Crippen LogP) is 0.472. The molecule has 0 aromatic heterocycles. The number of nitrogens with one attached hydrogen (secondary N) is 2. The number of nitrogens with zero attached hydrogens (tertiary/aromatic N) is 1. The van der Waals surface area contributed by atoms with Gasteiger partial charge in [-0.25, -0.2) is 0 Å². The van der Waals surface area contributed by atoms with E-state index >= 15 is 0 Å². The first-order valence-corrected chi connectivity index (χ1v) is 8.09. The molecule has 0 fully saturated rings. The van der Waals surface area contributed by atoms with Crippen molar-refractivity contribution in [3.05, 3.63) is 28.2 Å². The quantitative estimate of drug-likeness (QED) is 0.508. The number of rotatable bonds is 5. The van der Waals surface area contributed by atoms with E-state index in [2.05, 4.69) is 26.6 Å². The zero-order chi connectivity index (χ0) is 17.0. The summed E-state index contributed by atoms with van der Waals surface area (Å²) in [6, 6.07) is 4.50. The highest BCUT2D eigenvalue weighted by molar-refractivity contribution is 9.10. The van der Waals surface area contributed by atoms with Crippen molar-refractivity contribution in [1.29, 1.82) is 0 Å². The van der Waals surface area contributed by atoms with Crippen LogP contribution in [0.5, 0.6) is 0 Å². The molecule has 124 valence electrons. The Morgan fingerprint density at radius 2 is 2.09 bits per heavy atom. The molecular formula is C15H18BrN3O4. The molecule has 0 spiro atoms. The number of anilines is 1. The fourth-order valence-corrected chi connectivity index (χ4v) is 2.81. The molecule has 0 radical (unpaired) electrons. The van der Waals surface area contributed by atoms with Crippen LogP contribution in [0.1, 0.15) is 24.9 Å². The maximum atomic E-state index is 12.5. The fraction of sp³-hybridized carbons (Fsp3) is 0.400. The van der Waals surface area contributed by atoms with Gasteiger partial charge in [-0.05, 0) is 31.5 Å². The lowest BCUT2D eigenvalue weighted by Crippen LogP contribution is -2.44. The molecule has 7 nitrogen and oxygen atoms in total. The molecule has 3 N–H and O–H groups in total. The monoisotopic (exact) mass is 383 g/mol. The van der Waals surface area contributed by atoms with Crippen LogP contribution >= 0.6 is 15.9 Å². The molecule has 1 aromatic carbocycles. The van der Waals surface area contributed by atoms with E-state index in [9.17, 15) is 14.4 Å². The van der Waals surface area contributed by atoms with Crippen LogP contribution in [0, 0.1) is 0 Å². The molecule has 0 saturated heterocycles. The summed E-state index contributed by atoms with van der Waals surface area (Å²) in [4.78, 5) is 37.7. The van der Waals surface area contributed by atoms with Crippen LogP contribution in [-0.4, -0.2) is 42.5 Å². The number of likely N-dealkylation sites (N-methyl/N-ethyl adjacent to an activating group) is 1. The van der Waals surface area contributed by atoms with Gasteiger partial charge in [-0.2, -0.15) is 0 Å². The molecule has 1 aliphatic rings. The van der Waals surface area contributed by atoms with Crippen molar-refractivity contribution in [2.24, 2.45) is 0 Å². The molecule has 8 heteroatoms. The molecule has 0 saturated carbocycles. The highest BCUT2D eigenvalue weighted by Gasteiger charge is 2.38. The van der Waals surface area contributed by atoms with E-state index in [1.54, 1.807) is 17.0 Å². The summed E-state index contributed by atoms with van der Waals surface area (Å²) in [7, 11) is 0. The van der Waals surface area contributed by atoms with Crippen LogP contribution in [-0.2, 0) is 14.4 Å². The van der Waals surface area contributed by atoms with E-state index < -0.39 is 17.9 Å². The Bertz CT molecular complexity index is 635. The number of hydrogen-bond acceptors (Lipinski definition) is 4. The van der Waals surface area contributed by atoms with Gasteiger partial charge in [0.05, 0.1) is 0 Å². The summed E-state index contributed by atoms with van der Waals surface area (Å²) < 4.78 is 0.786. The van der Waals surface area contributed by atoms with E-state index in [4.69, 9.17) is 5.11 Å². The predicted molar refractivity (Wildman–Crippen MR) is 87.8 cm³/mol. The smallest absolute Gasteiger partial charge is 0.310 e. The zero-order valence-corrected chi connectivity index (χ0v) is 14.2. The van der Waals surface area contributed by atoms with Crippen LogP contribution in [0.15, 0.2) is 22.7 Å². The first kappa shape index (κ1) is 17.4. The second kappa shape index (κ2) is 7.56. The highest BCUT2D eigenvalue weighted by atomic mass is 79.9. The van der Waals surface area contributed by atoms with Gasteiger partial charge in [0.1, 0.15) is 6.04 Å². The second-order valence-corrected chi connectivity index (χ2v) is 5.94. The van der Waals surface area contributed by atoms with Crippen LogP contribution in [0.3, 0.4) is 0 Å². The lowest BCUT2D eigenvalue weighted by atomic mass is 10.1. The number of carbonyl (C=O) groups is 3. The topological polar surface area (TPSA) is 98.7 Å². The molecule has 2 rings (SSSR count). The molecule has 23 heavy (non-hydrogen) atoms. The molecule has 0 unspecified atom stereocenters. The summed E-state index contributed by atoms with van der Waals surface area (Å²) >= 11 is 3.35. The summed E-state index contributed by atoms with van der Waals surface area (Å²) in [5.41, 5.74) is 1.38. The summed E-state index contributed by atoms with van der Waals surface area (Å²) in [6.45, 7) is 2.44. The SMILES string of the molecule is CCN1C(=O)[C@H](NC(=O)C(=O)NCCCO)c2cc(Br)ccc21. The Balaban J connectivity index is 2.14. The van der Waals surface area contributed by atoms with E-state index in [1.165, 1.54) is 0 Å². The van der Waals surface area contributed by atoms with Crippen molar-refractivity contribution in [2.75, 3.05) is 24.6 Å². The normalized spacial score (nSPS) is 16.2. The van der Waals surface area contributed by atoms with Crippen LogP contribution in [0.4, 0.5) is 5.69 Å². The van der Waals surface area contributed by atoms with Crippen molar-refractivity contribution < 1.29 is 19.5 Å². The molecule has 0 aliphatic carbocycles. The Morgan fingerprint density at radius 3 is 2.74 bits per heavy atom. The van der Waals surface area contributed by atoms with Crippen molar-refractivity contribution in [3.8, 4) is 0 Å². The van der Waals surface area contributed by atoms with Gasteiger partial charge in [0.15, 0.2) is 0 Å². The number of carbonyl (C=O) groups excluding carboxylic acids is 3. The molecule has 0 bridgehead atoms. The van der Waals surface area contributed by atoms with Crippen LogP contribution in [0.2, 0.25) is 0 Å². The molecule has 1 aromatic rings. The lowest BCUT2D eigenvalue weighted by Gasteiger charge is -2.15. The first-order chi connectivity index (χ1) is 11.0. The van der Waals surface area contributed by atoms with Gasteiger partial charge in [0.2, 0.25) is 0 Å². The summed E-state index contributed by atoms with van der Waals surface area (Å²) in [5.74, 6) is -1.96. The third kappa shape index (κ3) is 3.70. The van der Waals surface area contributed by atoms with Crippen LogP contribution in [0.25, 0.3) is 0 Å². The Hall–Kier alpha value is -1.93. The average molecular weight is 384 g/mol. The second-order valence-electron chi connectivity index (χ2n) is 5.03. The van der Waals surface area contributed by atoms with E-state index in [0.29, 0.717) is 18.5 Å². The molecule has 3 amide bonds. The van der Waals surface area contributed by atoms with Crippen molar-refractivity contribution in [1.82, 2.24) is 10.6 Å². The molecule has 1 atom stereocenters. The maximum Gasteiger partial charge on any atom is 0.310 e. The van der Waals surface area contributed by atoms with Gasteiger partial charge in [-0.1, -0.05) is 15.9 Å². The summed E-state index contributed by atoms with van der Waals surface area (Å²) in [6.07, 6.45) is 0.362. The third-order valence-electron chi connectivity index (χ3n) is 3.52. The number of aliphatic hydroxyl groups is 1. The van der Waals surface area contributed by atoms with E-state index in [-0.39, 0.29) is 19.1 Å².